The van der Waals surface area contributed by atoms with Crippen LogP contribution in [0.1, 0.15) is 22.5 Å². The van der Waals surface area contributed by atoms with Crippen molar-refractivity contribution < 1.29 is 0 Å². The average Bonchev–Trinajstić information content (AvgIpc) is 3.49. The van der Waals surface area contributed by atoms with Gasteiger partial charge in [0.25, 0.3) is 0 Å². The number of nitrogens with zero attached hydrogens (tertiary/aromatic N) is 5. The van der Waals surface area contributed by atoms with Crippen molar-refractivity contribution in [3.63, 3.8) is 0 Å². The molecule has 2 aromatic carbocycles. The minimum Gasteiger partial charge on any atom is -0.356 e. The van der Waals surface area contributed by atoms with Gasteiger partial charge in [0.15, 0.2) is 5.96 Å². The topological polar surface area (TPSA) is 72.1 Å². The second-order valence-corrected chi connectivity index (χ2v) is 7.64. The Hall–Kier alpha value is -3.14. The Kier molecular flexibility index (Phi) is 9.05. The molecule has 0 saturated heterocycles. The van der Waals surface area contributed by atoms with E-state index in [0.717, 1.165) is 43.5 Å². The number of guanidine groups is 1. The zero-order valence-corrected chi connectivity index (χ0v) is 21.3. The summed E-state index contributed by atoms with van der Waals surface area (Å²) in [6.45, 7) is 4.37. The number of rotatable bonds is 8. The monoisotopic (exact) mass is 555 g/mol. The van der Waals surface area contributed by atoms with Crippen LogP contribution < -0.4 is 10.6 Å². The molecule has 4 aromatic rings. The number of imidazole rings is 1. The van der Waals surface area contributed by atoms with Crippen LogP contribution in [0.3, 0.4) is 0 Å². The van der Waals surface area contributed by atoms with Crippen LogP contribution in [0.25, 0.3) is 5.69 Å². The van der Waals surface area contributed by atoms with Crippen molar-refractivity contribution in [3.05, 3.63) is 102 Å². The van der Waals surface area contributed by atoms with E-state index in [4.69, 9.17) is 0 Å². The molecule has 0 radical (unpaired) electrons. The van der Waals surface area contributed by atoms with Crippen LogP contribution in [-0.2, 0) is 19.5 Å². The lowest BCUT2D eigenvalue weighted by Gasteiger charge is -2.13. The number of benzene rings is 2. The summed E-state index contributed by atoms with van der Waals surface area (Å²) in [5, 5.41) is 11.1. The Morgan fingerprint density at radius 1 is 0.939 bits per heavy atom. The molecule has 0 bridgehead atoms. The van der Waals surface area contributed by atoms with Crippen LogP contribution in [0.2, 0.25) is 0 Å². The summed E-state index contributed by atoms with van der Waals surface area (Å²) < 4.78 is 4.01. The Morgan fingerprint density at radius 3 is 2.45 bits per heavy atom. The molecule has 8 heteroatoms. The van der Waals surface area contributed by atoms with E-state index in [1.54, 1.807) is 13.2 Å². The molecule has 0 amide bonds. The van der Waals surface area contributed by atoms with Crippen LogP contribution >= 0.6 is 24.0 Å². The predicted molar refractivity (Wildman–Crippen MR) is 143 cm³/mol. The maximum absolute atomic E-state index is 4.35. The van der Waals surface area contributed by atoms with E-state index in [1.807, 2.05) is 36.3 Å². The van der Waals surface area contributed by atoms with Gasteiger partial charge >= 0.3 is 0 Å². The first-order chi connectivity index (χ1) is 15.7. The summed E-state index contributed by atoms with van der Waals surface area (Å²) in [5.41, 5.74) is 4.81. The third kappa shape index (κ3) is 6.92. The van der Waals surface area contributed by atoms with Crippen molar-refractivity contribution in [3.8, 4) is 5.69 Å². The molecule has 0 unspecified atom stereocenters. The lowest BCUT2D eigenvalue weighted by molar-refractivity contribution is 0.757. The Labute approximate surface area is 212 Å². The molecule has 172 valence electrons. The van der Waals surface area contributed by atoms with Crippen molar-refractivity contribution in [2.75, 3.05) is 13.6 Å². The lowest BCUT2D eigenvalue weighted by atomic mass is 10.1. The van der Waals surface area contributed by atoms with Gasteiger partial charge in [-0.15, -0.1) is 24.0 Å². The maximum Gasteiger partial charge on any atom is 0.191 e. The summed E-state index contributed by atoms with van der Waals surface area (Å²) in [4.78, 5) is 8.64. The third-order valence-corrected chi connectivity index (χ3v) is 5.36. The molecule has 0 spiro atoms. The van der Waals surface area contributed by atoms with Gasteiger partial charge in [-0.3, -0.25) is 4.99 Å². The van der Waals surface area contributed by atoms with Crippen LogP contribution in [0, 0.1) is 6.92 Å². The predicted octanol–water partition coefficient (Wildman–Crippen LogP) is 3.95. The highest BCUT2D eigenvalue weighted by Crippen LogP contribution is 2.10. The number of aryl methyl sites for hydroxylation is 1. The average molecular weight is 555 g/mol. The highest BCUT2D eigenvalue weighted by molar-refractivity contribution is 14.0. The minimum atomic E-state index is 0. The number of halogens is 1. The first-order valence-electron chi connectivity index (χ1n) is 10.8. The molecule has 33 heavy (non-hydrogen) atoms. The van der Waals surface area contributed by atoms with Crippen LogP contribution in [-0.4, -0.2) is 38.9 Å². The molecule has 2 heterocycles. The summed E-state index contributed by atoms with van der Waals surface area (Å²) in [7, 11) is 1.80. The maximum atomic E-state index is 4.35. The molecule has 0 aliphatic rings. The van der Waals surface area contributed by atoms with E-state index in [-0.39, 0.29) is 24.0 Å². The summed E-state index contributed by atoms with van der Waals surface area (Å²) in [6, 6.07) is 19.0. The van der Waals surface area contributed by atoms with Crippen molar-refractivity contribution >= 4 is 29.9 Å². The molecular formula is C25H30IN7. The molecule has 0 saturated carbocycles. The van der Waals surface area contributed by atoms with Gasteiger partial charge in [-0.05, 0) is 48.2 Å². The SMILES string of the molecule is CN=C(NCCc1ccc(-n2cccn2)cc1)NCc1cccc(Cn2ccnc2C)c1.I. The first kappa shape index (κ1) is 24.5. The minimum absolute atomic E-state index is 0. The normalized spacial score (nSPS) is 11.2. The molecule has 4 rings (SSSR count). The van der Waals surface area contributed by atoms with Gasteiger partial charge in [-0.25, -0.2) is 9.67 Å². The highest BCUT2D eigenvalue weighted by Gasteiger charge is 2.03. The van der Waals surface area contributed by atoms with Gasteiger partial charge in [0, 0.05) is 51.5 Å². The molecule has 0 aliphatic carbocycles. The smallest absolute Gasteiger partial charge is 0.191 e. The Morgan fingerprint density at radius 2 is 1.76 bits per heavy atom. The second-order valence-electron chi connectivity index (χ2n) is 7.64. The van der Waals surface area contributed by atoms with Crippen molar-refractivity contribution in [2.45, 2.75) is 26.4 Å². The number of aliphatic imine (C=N–C) groups is 1. The molecular weight excluding hydrogens is 525 g/mol. The van der Waals surface area contributed by atoms with Gasteiger partial charge < -0.3 is 15.2 Å². The number of hydrogen-bond donors (Lipinski definition) is 2. The van der Waals surface area contributed by atoms with Gasteiger partial charge in [-0.1, -0.05) is 36.4 Å². The van der Waals surface area contributed by atoms with Gasteiger partial charge in [0.05, 0.1) is 5.69 Å². The van der Waals surface area contributed by atoms with Crippen molar-refractivity contribution in [1.29, 1.82) is 0 Å². The van der Waals surface area contributed by atoms with E-state index in [9.17, 15) is 0 Å². The lowest BCUT2D eigenvalue weighted by Crippen LogP contribution is -2.37. The van der Waals surface area contributed by atoms with Gasteiger partial charge in [0.2, 0.25) is 0 Å². The first-order valence-corrected chi connectivity index (χ1v) is 10.8. The van der Waals surface area contributed by atoms with Crippen molar-refractivity contribution in [2.24, 2.45) is 4.99 Å². The summed E-state index contributed by atoms with van der Waals surface area (Å²) >= 11 is 0. The van der Waals surface area contributed by atoms with Gasteiger partial charge in [-0.2, -0.15) is 5.10 Å². The Balaban J connectivity index is 0.00000306. The number of aromatic nitrogens is 4. The summed E-state index contributed by atoms with van der Waals surface area (Å²) in [5.74, 6) is 1.82. The third-order valence-electron chi connectivity index (χ3n) is 5.36. The van der Waals surface area contributed by atoms with E-state index in [2.05, 4.69) is 78.8 Å². The van der Waals surface area contributed by atoms with Crippen LogP contribution in [0.15, 0.2) is 84.4 Å². The largest absolute Gasteiger partial charge is 0.356 e. The molecule has 0 atom stereocenters. The van der Waals surface area contributed by atoms with E-state index >= 15 is 0 Å². The second kappa shape index (κ2) is 12.2. The van der Waals surface area contributed by atoms with E-state index in [1.165, 1.54) is 16.7 Å². The zero-order valence-electron chi connectivity index (χ0n) is 19.0. The fourth-order valence-corrected chi connectivity index (χ4v) is 3.57. The highest BCUT2D eigenvalue weighted by atomic mass is 127. The standard InChI is InChI=1S/C25H29N7.HI/c1-20-27-14-16-31(20)19-23-6-3-5-22(17-23)18-29-25(26-2)28-13-11-21-7-9-24(10-8-21)32-15-4-12-30-32;/h3-10,12,14-17H,11,13,18-19H2,1-2H3,(H2,26,28,29);1H. The number of hydrogen-bond acceptors (Lipinski definition) is 3. The zero-order chi connectivity index (χ0) is 22.2. The molecule has 7 nitrogen and oxygen atoms in total. The van der Waals surface area contributed by atoms with Crippen LogP contribution in [0.5, 0.6) is 0 Å². The van der Waals surface area contributed by atoms with Crippen molar-refractivity contribution in [1.82, 2.24) is 30.0 Å². The molecule has 2 aromatic heterocycles. The van der Waals surface area contributed by atoms with E-state index in [0.29, 0.717) is 0 Å². The molecule has 0 aliphatic heterocycles. The van der Waals surface area contributed by atoms with E-state index < -0.39 is 0 Å². The van der Waals surface area contributed by atoms with Crippen LogP contribution in [0.4, 0.5) is 0 Å². The number of nitrogens with one attached hydrogen (secondary N) is 2. The fraction of sp³-hybridized carbons (Fsp3) is 0.240. The van der Waals surface area contributed by atoms with Gasteiger partial charge in [0.1, 0.15) is 5.82 Å². The quantitative estimate of drug-likeness (QED) is 0.196. The summed E-state index contributed by atoms with van der Waals surface area (Å²) in [6.07, 6.45) is 8.50. The fourth-order valence-electron chi connectivity index (χ4n) is 3.57. The molecule has 0 fully saturated rings. The Bertz CT molecular complexity index is 1150. The molecule has 2 N–H and O–H groups in total.